The molecule has 3 rings (SSSR count). The summed E-state index contributed by atoms with van der Waals surface area (Å²) in [5, 5.41) is 0. The van der Waals surface area contributed by atoms with E-state index in [2.05, 4.69) is 9.97 Å². The molecule has 1 aliphatic heterocycles. The van der Waals surface area contributed by atoms with Crippen LogP contribution in [0.25, 0.3) is 0 Å². The normalized spacial score (nSPS) is 19.2. The highest BCUT2D eigenvalue weighted by Crippen LogP contribution is 2.27. The Morgan fingerprint density at radius 3 is 2.79 bits per heavy atom. The van der Waals surface area contributed by atoms with Gasteiger partial charge in [-0.1, -0.05) is 0 Å². The van der Waals surface area contributed by atoms with Gasteiger partial charge in [0.1, 0.15) is 10.3 Å². The van der Waals surface area contributed by atoms with E-state index in [1.807, 2.05) is 13.0 Å². The Morgan fingerprint density at radius 2 is 2.08 bits per heavy atom. The number of piperidine rings is 1. The second-order valence-electron chi connectivity index (χ2n) is 5.51. The second-order valence-corrected chi connectivity index (χ2v) is 8.96. The third kappa shape index (κ3) is 3.68. The summed E-state index contributed by atoms with van der Waals surface area (Å²) in [6, 6.07) is 3.48. The molecular weight excluding hydrogens is 350 g/mol. The quantitative estimate of drug-likeness (QED) is 0.803. The van der Waals surface area contributed by atoms with Gasteiger partial charge in [0.05, 0.1) is 26.0 Å². The first-order valence-corrected chi connectivity index (χ1v) is 9.84. The number of hydrogen-bond acceptors (Lipinski definition) is 7. The maximum Gasteiger partial charge on any atom is 0.252 e. The highest BCUT2D eigenvalue weighted by molar-refractivity contribution is 7.91. The summed E-state index contributed by atoms with van der Waals surface area (Å²) in [5.74, 6) is 0.701. The fraction of sp³-hybridized carbons (Fsp3) is 0.467. The van der Waals surface area contributed by atoms with E-state index >= 15 is 0 Å². The number of aryl methyl sites for hydroxylation is 1. The van der Waals surface area contributed by atoms with E-state index in [1.165, 1.54) is 35.1 Å². The van der Waals surface area contributed by atoms with E-state index in [9.17, 15) is 8.42 Å². The standard InChI is InChI=1S/C15H19N3O4S2/c1-11-5-6-15(23-11)24(19,20)18-7-3-4-12(10-18)22-14-9-16-8-13(17-14)21-2/h5-6,8-9,12H,3-4,7,10H2,1-2H3. The van der Waals surface area contributed by atoms with Crippen molar-refractivity contribution in [3.05, 3.63) is 29.4 Å². The van der Waals surface area contributed by atoms with Crippen LogP contribution in [0.4, 0.5) is 0 Å². The zero-order valence-corrected chi connectivity index (χ0v) is 15.1. The topological polar surface area (TPSA) is 81.6 Å². The number of methoxy groups -OCH3 is 1. The smallest absolute Gasteiger partial charge is 0.252 e. The Bertz CT molecular complexity index is 807. The fourth-order valence-corrected chi connectivity index (χ4v) is 5.50. The molecule has 3 heterocycles. The molecule has 9 heteroatoms. The van der Waals surface area contributed by atoms with Crippen molar-refractivity contribution < 1.29 is 17.9 Å². The minimum Gasteiger partial charge on any atom is -0.480 e. The van der Waals surface area contributed by atoms with Crippen molar-refractivity contribution in [2.75, 3.05) is 20.2 Å². The fourth-order valence-electron chi connectivity index (χ4n) is 2.55. The maximum atomic E-state index is 12.7. The van der Waals surface area contributed by atoms with Crippen LogP contribution in [0.15, 0.2) is 28.7 Å². The molecule has 24 heavy (non-hydrogen) atoms. The van der Waals surface area contributed by atoms with Crippen molar-refractivity contribution >= 4 is 21.4 Å². The van der Waals surface area contributed by atoms with Gasteiger partial charge in [0.2, 0.25) is 11.8 Å². The van der Waals surface area contributed by atoms with E-state index in [0.717, 1.165) is 17.7 Å². The summed E-state index contributed by atoms with van der Waals surface area (Å²) in [6.45, 7) is 2.70. The van der Waals surface area contributed by atoms with E-state index in [1.54, 1.807) is 6.07 Å². The molecule has 0 radical (unpaired) electrons. The van der Waals surface area contributed by atoms with Crippen LogP contribution in [0.1, 0.15) is 17.7 Å². The minimum absolute atomic E-state index is 0.254. The van der Waals surface area contributed by atoms with Gasteiger partial charge in [0, 0.05) is 11.4 Å². The van der Waals surface area contributed by atoms with Crippen LogP contribution < -0.4 is 9.47 Å². The van der Waals surface area contributed by atoms with E-state index in [-0.39, 0.29) is 6.10 Å². The van der Waals surface area contributed by atoms with Crippen molar-refractivity contribution in [1.82, 2.24) is 14.3 Å². The molecule has 0 amide bonds. The Hall–Kier alpha value is -1.71. The molecule has 0 aliphatic carbocycles. The van der Waals surface area contributed by atoms with Gasteiger partial charge < -0.3 is 9.47 Å². The first-order chi connectivity index (χ1) is 11.5. The van der Waals surface area contributed by atoms with E-state index in [4.69, 9.17) is 9.47 Å². The molecule has 2 aromatic heterocycles. The lowest BCUT2D eigenvalue weighted by molar-refractivity contribution is 0.123. The van der Waals surface area contributed by atoms with Gasteiger partial charge in [0.25, 0.3) is 10.0 Å². The predicted molar refractivity (Wildman–Crippen MR) is 90.0 cm³/mol. The van der Waals surface area contributed by atoms with Crippen LogP contribution in [0.5, 0.6) is 11.8 Å². The van der Waals surface area contributed by atoms with Gasteiger partial charge in [0.15, 0.2) is 0 Å². The van der Waals surface area contributed by atoms with Crippen molar-refractivity contribution in [3.8, 4) is 11.8 Å². The highest BCUT2D eigenvalue weighted by Gasteiger charge is 2.32. The van der Waals surface area contributed by atoms with Crippen molar-refractivity contribution in [2.24, 2.45) is 0 Å². The zero-order valence-electron chi connectivity index (χ0n) is 13.5. The molecule has 1 atom stereocenters. The number of nitrogens with zero attached hydrogens (tertiary/aromatic N) is 3. The lowest BCUT2D eigenvalue weighted by atomic mass is 10.1. The molecule has 0 saturated carbocycles. The summed E-state index contributed by atoms with van der Waals surface area (Å²) in [7, 11) is -1.96. The lowest BCUT2D eigenvalue weighted by Gasteiger charge is -2.31. The predicted octanol–water partition coefficient (Wildman–Crippen LogP) is 2.09. The number of sulfonamides is 1. The van der Waals surface area contributed by atoms with Crippen LogP contribution in [0, 0.1) is 6.92 Å². The number of hydrogen-bond donors (Lipinski definition) is 0. The molecule has 0 spiro atoms. The van der Waals surface area contributed by atoms with Crippen molar-refractivity contribution in [3.63, 3.8) is 0 Å². The number of aromatic nitrogens is 2. The van der Waals surface area contributed by atoms with Crippen molar-refractivity contribution in [1.29, 1.82) is 0 Å². The number of ether oxygens (including phenoxy) is 2. The zero-order chi connectivity index (χ0) is 17.2. The van der Waals surface area contributed by atoms with E-state index in [0.29, 0.717) is 29.1 Å². The van der Waals surface area contributed by atoms with Crippen LogP contribution in [-0.4, -0.2) is 49.0 Å². The van der Waals surface area contributed by atoms with Gasteiger partial charge in [-0.2, -0.15) is 9.29 Å². The Balaban J connectivity index is 1.72. The number of rotatable bonds is 5. The Morgan fingerprint density at radius 1 is 1.29 bits per heavy atom. The van der Waals surface area contributed by atoms with Crippen LogP contribution in [0.3, 0.4) is 0 Å². The molecule has 2 aromatic rings. The highest BCUT2D eigenvalue weighted by atomic mass is 32.2. The van der Waals surface area contributed by atoms with Crippen LogP contribution >= 0.6 is 11.3 Å². The molecular formula is C15H19N3O4S2. The number of thiophene rings is 1. The minimum atomic E-state index is -3.47. The molecule has 0 N–H and O–H groups in total. The monoisotopic (exact) mass is 369 g/mol. The van der Waals surface area contributed by atoms with Gasteiger partial charge in [-0.05, 0) is 31.9 Å². The Labute approximate surface area is 145 Å². The summed E-state index contributed by atoms with van der Waals surface area (Å²) >= 11 is 1.29. The molecule has 130 valence electrons. The maximum absolute atomic E-state index is 12.7. The van der Waals surface area contributed by atoms with Gasteiger partial charge >= 0.3 is 0 Å². The Kier molecular flexibility index (Phi) is 5.02. The first kappa shape index (κ1) is 17.1. The average Bonchev–Trinajstić information content (AvgIpc) is 3.02. The molecule has 1 fully saturated rings. The third-order valence-electron chi connectivity index (χ3n) is 3.74. The van der Waals surface area contributed by atoms with Crippen LogP contribution in [-0.2, 0) is 10.0 Å². The van der Waals surface area contributed by atoms with Crippen molar-refractivity contribution in [2.45, 2.75) is 30.1 Å². The third-order valence-corrected chi connectivity index (χ3v) is 7.07. The molecule has 1 saturated heterocycles. The molecule has 0 aromatic carbocycles. The molecule has 1 unspecified atom stereocenters. The van der Waals surface area contributed by atoms with E-state index < -0.39 is 10.0 Å². The second kappa shape index (κ2) is 7.04. The van der Waals surface area contributed by atoms with Gasteiger partial charge in [-0.3, -0.25) is 4.98 Å². The SMILES string of the molecule is COc1cncc(OC2CCCN(S(=O)(=O)c3ccc(C)s3)C2)n1. The van der Waals surface area contributed by atoms with Crippen LogP contribution in [0.2, 0.25) is 0 Å². The van der Waals surface area contributed by atoms with Gasteiger partial charge in [-0.25, -0.2) is 8.42 Å². The summed E-state index contributed by atoms with van der Waals surface area (Å²) in [6.07, 6.45) is 4.25. The lowest BCUT2D eigenvalue weighted by Crippen LogP contribution is -2.44. The molecule has 7 nitrogen and oxygen atoms in total. The molecule has 1 aliphatic rings. The summed E-state index contributed by atoms with van der Waals surface area (Å²) in [5.41, 5.74) is 0. The largest absolute Gasteiger partial charge is 0.480 e. The summed E-state index contributed by atoms with van der Waals surface area (Å²) < 4.78 is 38.2. The average molecular weight is 369 g/mol. The van der Waals surface area contributed by atoms with Gasteiger partial charge in [-0.15, -0.1) is 11.3 Å². The summed E-state index contributed by atoms with van der Waals surface area (Å²) in [4.78, 5) is 9.13. The molecule has 0 bridgehead atoms. The first-order valence-electron chi connectivity index (χ1n) is 7.58.